The van der Waals surface area contributed by atoms with Crippen molar-refractivity contribution < 1.29 is 13.2 Å². The summed E-state index contributed by atoms with van der Waals surface area (Å²) in [5.41, 5.74) is -0.0760. The SMILES string of the molecule is Cn1cc(CN2CCC(Nc3nccc(C(F)(F)F)n3)C2)nn1. The van der Waals surface area contributed by atoms with Gasteiger partial charge >= 0.3 is 6.18 Å². The first-order chi connectivity index (χ1) is 10.9. The van der Waals surface area contributed by atoms with Gasteiger partial charge < -0.3 is 5.32 Å². The third kappa shape index (κ3) is 3.95. The molecular weight excluding hydrogens is 311 g/mol. The van der Waals surface area contributed by atoms with Crippen LogP contribution in [-0.2, 0) is 19.8 Å². The monoisotopic (exact) mass is 327 g/mol. The first kappa shape index (κ1) is 15.7. The highest BCUT2D eigenvalue weighted by Crippen LogP contribution is 2.27. The van der Waals surface area contributed by atoms with Crippen LogP contribution in [0.2, 0.25) is 0 Å². The number of hydrogen-bond donors (Lipinski definition) is 1. The summed E-state index contributed by atoms with van der Waals surface area (Å²) in [6.45, 7) is 2.18. The van der Waals surface area contributed by atoms with Crippen LogP contribution in [0.1, 0.15) is 17.8 Å². The lowest BCUT2D eigenvalue weighted by atomic mass is 10.3. The van der Waals surface area contributed by atoms with Gasteiger partial charge in [0.1, 0.15) is 5.69 Å². The minimum absolute atomic E-state index is 0.00572. The average Bonchev–Trinajstić information content (AvgIpc) is 3.08. The first-order valence-corrected chi connectivity index (χ1v) is 7.14. The highest BCUT2D eigenvalue weighted by molar-refractivity contribution is 5.28. The molecule has 1 fully saturated rings. The van der Waals surface area contributed by atoms with Crippen molar-refractivity contribution in [3.63, 3.8) is 0 Å². The van der Waals surface area contributed by atoms with E-state index in [1.807, 2.05) is 6.20 Å². The zero-order valence-corrected chi connectivity index (χ0v) is 12.5. The molecule has 124 valence electrons. The normalized spacial score (nSPS) is 19.2. The first-order valence-electron chi connectivity index (χ1n) is 7.14. The number of hydrogen-bond acceptors (Lipinski definition) is 6. The van der Waals surface area contributed by atoms with Crippen molar-refractivity contribution in [2.75, 3.05) is 18.4 Å². The van der Waals surface area contributed by atoms with Gasteiger partial charge in [-0.1, -0.05) is 5.21 Å². The Balaban J connectivity index is 1.57. The van der Waals surface area contributed by atoms with E-state index in [4.69, 9.17) is 0 Å². The van der Waals surface area contributed by atoms with Crippen LogP contribution in [-0.4, -0.2) is 49.0 Å². The number of anilines is 1. The van der Waals surface area contributed by atoms with Crippen molar-refractivity contribution in [2.45, 2.75) is 25.2 Å². The third-order valence-corrected chi connectivity index (χ3v) is 3.59. The van der Waals surface area contributed by atoms with E-state index in [1.165, 1.54) is 0 Å². The van der Waals surface area contributed by atoms with Gasteiger partial charge in [0.25, 0.3) is 0 Å². The van der Waals surface area contributed by atoms with Crippen molar-refractivity contribution >= 4 is 5.95 Å². The molecule has 1 saturated heterocycles. The maximum atomic E-state index is 12.6. The van der Waals surface area contributed by atoms with Crippen LogP contribution >= 0.6 is 0 Å². The topological polar surface area (TPSA) is 71.8 Å². The Morgan fingerprint density at radius 2 is 2.22 bits per heavy atom. The molecule has 1 aliphatic rings. The minimum Gasteiger partial charge on any atom is -0.350 e. The fraction of sp³-hybridized carbons (Fsp3) is 0.538. The van der Waals surface area contributed by atoms with Gasteiger partial charge in [-0.3, -0.25) is 9.58 Å². The quantitative estimate of drug-likeness (QED) is 0.913. The number of rotatable bonds is 4. The molecule has 0 amide bonds. The Hall–Kier alpha value is -2.23. The molecule has 1 atom stereocenters. The molecule has 0 spiro atoms. The Bertz CT molecular complexity index is 670. The predicted octanol–water partition coefficient (Wildman–Crippen LogP) is 1.31. The van der Waals surface area contributed by atoms with E-state index < -0.39 is 11.9 Å². The number of alkyl halides is 3. The molecule has 10 heteroatoms. The fourth-order valence-corrected chi connectivity index (χ4v) is 2.56. The predicted molar refractivity (Wildman–Crippen MR) is 75.3 cm³/mol. The summed E-state index contributed by atoms with van der Waals surface area (Å²) in [7, 11) is 1.80. The van der Waals surface area contributed by atoms with Crippen molar-refractivity contribution in [3.8, 4) is 0 Å². The van der Waals surface area contributed by atoms with Crippen LogP contribution in [0.5, 0.6) is 0 Å². The maximum Gasteiger partial charge on any atom is 0.433 e. The molecular formula is C13H16F3N7. The Kier molecular flexibility index (Phi) is 4.16. The molecule has 1 N–H and O–H groups in total. The molecule has 1 aliphatic heterocycles. The highest BCUT2D eigenvalue weighted by atomic mass is 19.4. The number of halogens is 3. The van der Waals surface area contributed by atoms with E-state index in [0.29, 0.717) is 13.1 Å². The summed E-state index contributed by atoms with van der Waals surface area (Å²) in [4.78, 5) is 9.55. The lowest BCUT2D eigenvalue weighted by molar-refractivity contribution is -0.141. The molecule has 0 bridgehead atoms. The second kappa shape index (κ2) is 6.11. The van der Waals surface area contributed by atoms with Crippen molar-refractivity contribution in [1.29, 1.82) is 0 Å². The van der Waals surface area contributed by atoms with Crippen molar-refractivity contribution in [1.82, 2.24) is 29.9 Å². The average molecular weight is 327 g/mol. The van der Waals surface area contributed by atoms with Crippen molar-refractivity contribution in [3.05, 3.63) is 29.8 Å². The van der Waals surface area contributed by atoms with E-state index in [2.05, 4.69) is 30.5 Å². The molecule has 7 nitrogen and oxygen atoms in total. The second-order valence-corrected chi connectivity index (χ2v) is 5.51. The summed E-state index contributed by atoms with van der Waals surface area (Å²) < 4.78 is 39.6. The number of aromatic nitrogens is 5. The van der Waals surface area contributed by atoms with Crippen LogP contribution < -0.4 is 5.32 Å². The minimum atomic E-state index is -4.47. The van der Waals surface area contributed by atoms with E-state index in [9.17, 15) is 13.2 Å². The van der Waals surface area contributed by atoms with E-state index in [-0.39, 0.29) is 12.0 Å². The summed E-state index contributed by atoms with van der Waals surface area (Å²) in [6, 6.07) is 0.871. The summed E-state index contributed by atoms with van der Waals surface area (Å²) in [5, 5.41) is 10.9. The van der Waals surface area contributed by atoms with Gasteiger partial charge in [-0.05, 0) is 12.5 Å². The largest absolute Gasteiger partial charge is 0.433 e. The van der Waals surface area contributed by atoms with Crippen LogP contribution in [0.3, 0.4) is 0 Å². The Labute approximate surface area is 130 Å². The number of likely N-dealkylation sites (tertiary alicyclic amines) is 1. The lowest BCUT2D eigenvalue weighted by Gasteiger charge is -2.15. The molecule has 23 heavy (non-hydrogen) atoms. The summed E-state index contributed by atoms with van der Waals surface area (Å²) >= 11 is 0. The van der Waals surface area contributed by atoms with Crippen molar-refractivity contribution in [2.24, 2.45) is 7.05 Å². The molecule has 0 saturated carbocycles. The van der Waals surface area contributed by atoms with Gasteiger partial charge in [-0.2, -0.15) is 13.2 Å². The van der Waals surface area contributed by atoms with Crippen LogP contribution in [0.15, 0.2) is 18.5 Å². The van der Waals surface area contributed by atoms with Crippen LogP contribution in [0.4, 0.5) is 19.1 Å². The van der Waals surface area contributed by atoms with Gasteiger partial charge in [0.15, 0.2) is 0 Å². The molecule has 1 unspecified atom stereocenters. The van der Waals surface area contributed by atoms with Crippen LogP contribution in [0.25, 0.3) is 0 Å². The maximum absolute atomic E-state index is 12.6. The van der Waals surface area contributed by atoms with Gasteiger partial charge in [-0.25, -0.2) is 9.97 Å². The number of aryl methyl sites for hydroxylation is 1. The Morgan fingerprint density at radius 3 is 2.91 bits per heavy atom. The van der Waals surface area contributed by atoms with Crippen LogP contribution in [0, 0.1) is 0 Å². The molecule has 0 aliphatic carbocycles. The molecule has 2 aromatic rings. The molecule has 0 radical (unpaired) electrons. The standard InChI is InChI=1S/C13H16F3N7/c1-22-6-10(20-21-22)8-23-5-3-9(7-23)18-12-17-4-2-11(19-12)13(14,15)16/h2,4,6,9H,3,5,7-8H2,1H3,(H,17,18,19). The second-order valence-electron chi connectivity index (χ2n) is 5.51. The van der Waals surface area contributed by atoms with E-state index >= 15 is 0 Å². The summed E-state index contributed by atoms with van der Waals surface area (Å²) in [6.07, 6.45) is -0.700. The zero-order valence-electron chi connectivity index (χ0n) is 12.5. The summed E-state index contributed by atoms with van der Waals surface area (Å²) in [5.74, 6) is 0.00572. The highest BCUT2D eigenvalue weighted by Gasteiger charge is 2.33. The Morgan fingerprint density at radius 1 is 1.39 bits per heavy atom. The van der Waals surface area contributed by atoms with Gasteiger partial charge in [0.2, 0.25) is 5.95 Å². The van der Waals surface area contributed by atoms with Gasteiger partial charge in [0.05, 0.1) is 5.69 Å². The smallest absolute Gasteiger partial charge is 0.350 e. The third-order valence-electron chi connectivity index (χ3n) is 3.59. The molecule has 3 heterocycles. The van der Waals surface area contributed by atoms with E-state index in [0.717, 1.165) is 30.9 Å². The lowest BCUT2D eigenvalue weighted by Crippen LogP contribution is -2.27. The van der Waals surface area contributed by atoms with E-state index in [1.54, 1.807) is 11.7 Å². The fourth-order valence-electron chi connectivity index (χ4n) is 2.56. The van der Waals surface area contributed by atoms with Gasteiger partial charge in [0, 0.05) is 45.1 Å². The van der Waals surface area contributed by atoms with Gasteiger partial charge in [-0.15, -0.1) is 5.10 Å². The zero-order chi connectivity index (χ0) is 16.4. The molecule has 2 aromatic heterocycles. The number of nitrogens with zero attached hydrogens (tertiary/aromatic N) is 6. The molecule has 3 rings (SSSR count). The molecule has 0 aromatic carbocycles. The number of nitrogens with one attached hydrogen (secondary N) is 1.